The molecule has 1 saturated heterocycles. The lowest BCUT2D eigenvalue weighted by Gasteiger charge is -2.32. The van der Waals surface area contributed by atoms with Crippen molar-refractivity contribution in [1.29, 1.82) is 5.26 Å². The first-order valence-corrected chi connectivity index (χ1v) is 9.08. The van der Waals surface area contributed by atoms with Gasteiger partial charge >= 0.3 is 0 Å². The zero-order chi connectivity index (χ0) is 18.4. The van der Waals surface area contributed by atoms with Gasteiger partial charge < -0.3 is 9.64 Å². The second-order valence-electron chi connectivity index (χ2n) is 6.51. The number of piperidine rings is 1. The smallest absolute Gasteiger partial charge is 0.253 e. The minimum Gasteiger partial charge on any atom is -0.376 e. The van der Waals surface area contributed by atoms with Crippen molar-refractivity contribution in [3.63, 3.8) is 0 Å². The monoisotopic (exact) mass is 349 g/mol. The Kier molecular flexibility index (Phi) is 5.98. The van der Waals surface area contributed by atoms with Crippen LogP contribution in [0.5, 0.6) is 0 Å². The van der Waals surface area contributed by atoms with Crippen LogP contribution in [0.3, 0.4) is 0 Å². The van der Waals surface area contributed by atoms with E-state index in [-0.39, 0.29) is 12.0 Å². The van der Waals surface area contributed by atoms with Crippen LogP contribution in [0.15, 0.2) is 42.6 Å². The summed E-state index contributed by atoms with van der Waals surface area (Å²) in [6, 6.07) is 13.1. The highest BCUT2D eigenvalue weighted by Crippen LogP contribution is 2.22. The number of likely N-dealkylation sites (tertiary alicyclic amines) is 1. The maximum Gasteiger partial charge on any atom is 0.253 e. The molecule has 134 valence electrons. The predicted molar refractivity (Wildman–Crippen MR) is 99.6 cm³/mol. The maximum absolute atomic E-state index is 12.9. The van der Waals surface area contributed by atoms with E-state index in [1.54, 1.807) is 12.3 Å². The molecular weight excluding hydrogens is 326 g/mol. The van der Waals surface area contributed by atoms with E-state index in [4.69, 9.17) is 10.00 Å². The Hall–Kier alpha value is -2.71. The lowest BCUT2D eigenvalue weighted by molar-refractivity contribution is 0.00211. The number of rotatable bonds is 5. The van der Waals surface area contributed by atoms with Gasteiger partial charge in [0, 0.05) is 37.0 Å². The molecule has 0 N–H and O–H groups in total. The predicted octanol–water partition coefficient (Wildman–Crippen LogP) is 3.65. The van der Waals surface area contributed by atoms with Gasteiger partial charge in [0.25, 0.3) is 5.91 Å². The second-order valence-corrected chi connectivity index (χ2v) is 6.51. The van der Waals surface area contributed by atoms with Crippen molar-refractivity contribution < 1.29 is 9.53 Å². The highest BCUT2D eigenvalue weighted by molar-refractivity contribution is 5.95. The van der Waals surface area contributed by atoms with E-state index in [0.717, 1.165) is 43.5 Å². The van der Waals surface area contributed by atoms with E-state index in [1.807, 2.05) is 41.3 Å². The molecular formula is C21H23N3O2. The van der Waals surface area contributed by atoms with E-state index in [2.05, 4.69) is 11.9 Å². The van der Waals surface area contributed by atoms with Gasteiger partial charge in [-0.25, -0.2) is 4.98 Å². The number of benzene rings is 1. The number of ether oxygens (including phenoxy) is 1. The van der Waals surface area contributed by atoms with Gasteiger partial charge in [-0.3, -0.25) is 4.79 Å². The molecule has 1 aliphatic rings. The quantitative estimate of drug-likeness (QED) is 0.826. The van der Waals surface area contributed by atoms with Crippen molar-refractivity contribution >= 4 is 5.91 Å². The molecule has 0 radical (unpaired) electrons. The van der Waals surface area contributed by atoms with Crippen LogP contribution in [0.4, 0.5) is 0 Å². The molecule has 0 aliphatic carbocycles. The van der Waals surface area contributed by atoms with Crippen LogP contribution in [0.2, 0.25) is 0 Å². The van der Waals surface area contributed by atoms with Crippen molar-refractivity contribution in [2.75, 3.05) is 19.7 Å². The van der Waals surface area contributed by atoms with Crippen LogP contribution >= 0.6 is 0 Å². The Balaban J connectivity index is 1.74. The van der Waals surface area contributed by atoms with E-state index in [9.17, 15) is 4.79 Å². The van der Waals surface area contributed by atoms with E-state index in [0.29, 0.717) is 17.8 Å². The Morgan fingerprint density at radius 2 is 2.23 bits per heavy atom. The number of nitriles is 1. The fourth-order valence-electron chi connectivity index (χ4n) is 3.19. The number of aromatic nitrogens is 1. The van der Waals surface area contributed by atoms with Gasteiger partial charge in [0.2, 0.25) is 0 Å². The summed E-state index contributed by atoms with van der Waals surface area (Å²) in [6.07, 6.45) is 4.78. The molecule has 0 unspecified atom stereocenters. The standard InChI is InChI=1S/C21H23N3O2/c1-2-11-26-20-7-4-10-24(15-20)21(25)17-6-3-5-16(12-17)18-8-9-19(13-22)23-14-18/h3,5-6,8-9,12,14,20H,2,4,7,10-11,15H2,1H3/t20-/m0/s1. The minimum absolute atomic E-state index is 0.0400. The molecule has 1 aromatic heterocycles. The molecule has 5 nitrogen and oxygen atoms in total. The van der Waals surface area contributed by atoms with E-state index in [1.165, 1.54) is 0 Å². The van der Waals surface area contributed by atoms with Gasteiger partial charge in [-0.1, -0.05) is 19.1 Å². The largest absolute Gasteiger partial charge is 0.376 e. The minimum atomic E-state index is 0.0400. The van der Waals surface area contributed by atoms with Crippen LogP contribution in [-0.4, -0.2) is 41.6 Å². The highest BCUT2D eigenvalue weighted by Gasteiger charge is 2.25. The summed E-state index contributed by atoms with van der Waals surface area (Å²) < 4.78 is 5.83. The fraction of sp³-hybridized carbons (Fsp3) is 0.381. The summed E-state index contributed by atoms with van der Waals surface area (Å²) >= 11 is 0. The molecule has 1 atom stereocenters. The lowest BCUT2D eigenvalue weighted by atomic mass is 10.0. The van der Waals surface area contributed by atoms with Gasteiger partial charge in [0.05, 0.1) is 6.10 Å². The van der Waals surface area contributed by atoms with Crippen LogP contribution < -0.4 is 0 Å². The SMILES string of the molecule is CCCO[C@H]1CCCN(C(=O)c2cccc(-c3ccc(C#N)nc3)c2)C1. The van der Waals surface area contributed by atoms with Gasteiger partial charge in [-0.05, 0) is 49.1 Å². The third kappa shape index (κ3) is 4.27. The molecule has 3 rings (SSSR count). The topological polar surface area (TPSA) is 66.2 Å². The molecule has 1 aromatic carbocycles. The molecule has 0 spiro atoms. The lowest BCUT2D eigenvalue weighted by Crippen LogP contribution is -2.43. The van der Waals surface area contributed by atoms with E-state index < -0.39 is 0 Å². The number of amides is 1. The van der Waals surface area contributed by atoms with Crippen molar-refractivity contribution in [3.05, 3.63) is 53.9 Å². The normalized spacial score (nSPS) is 16.9. The van der Waals surface area contributed by atoms with E-state index >= 15 is 0 Å². The summed E-state index contributed by atoms with van der Waals surface area (Å²) in [5, 5.41) is 8.86. The Bertz CT molecular complexity index is 796. The van der Waals surface area contributed by atoms with Crippen LogP contribution in [-0.2, 0) is 4.74 Å². The fourth-order valence-corrected chi connectivity index (χ4v) is 3.19. The van der Waals surface area contributed by atoms with Crippen molar-refractivity contribution in [1.82, 2.24) is 9.88 Å². The summed E-state index contributed by atoms with van der Waals surface area (Å²) in [7, 11) is 0. The molecule has 1 amide bonds. The first-order valence-electron chi connectivity index (χ1n) is 9.08. The first-order chi connectivity index (χ1) is 12.7. The summed E-state index contributed by atoms with van der Waals surface area (Å²) in [5.41, 5.74) is 2.86. The zero-order valence-corrected chi connectivity index (χ0v) is 15.0. The van der Waals surface area contributed by atoms with Crippen molar-refractivity contribution in [3.8, 4) is 17.2 Å². The molecule has 26 heavy (non-hydrogen) atoms. The summed E-state index contributed by atoms with van der Waals surface area (Å²) in [6.45, 7) is 4.26. The number of hydrogen-bond acceptors (Lipinski definition) is 4. The number of nitrogens with zero attached hydrogens (tertiary/aromatic N) is 3. The number of pyridine rings is 1. The van der Waals surface area contributed by atoms with Gasteiger partial charge in [0.1, 0.15) is 11.8 Å². The van der Waals surface area contributed by atoms with Crippen LogP contribution in [0.1, 0.15) is 42.2 Å². The molecule has 1 fully saturated rings. The van der Waals surface area contributed by atoms with Crippen LogP contribution in [0.25, 0.3) is 11.1 Å². The average Bonchev–Trinajstić information content (AvgIpc) is 2.72. The molecule has 1 aliphatic heterocycles. The van der Waals surface area contributed by atoms with Gasteiger partial charge in [0.15, 0.2) is 0 Å². The molecule has 2 aromatic rings. The Morgan fingerprint density at radius 1 is 1.35 bits per heavy atom. The highest BCUT2D eigenvalue weighted by atomic mass is 16.5. The molecule has 5 heteroatoms. The van der Waals surface area contributed by atoms with Crippen molar-refractivity contribution in [2.24, 2.45) is 0 Å². The van der Waals surface area contributed by atoms with Gasteiger partial charge in [-0.2, -0.15) is 5.26 Å². The molecule has 2 heterocycles. The van der Waals surface area contributed by atoms with Crippen molar-refractivity contribution in [2.45, 2.75) is 32.3 Å². The number of carbonyl (C=O) groups is 1. The summed E-state index contributed by atoms with van der Waals surface area (Å²) in [4.78, 5) is 18.9. The maximum atomic E-state index is 12.9. The third-order valence-corrected chi connectivity index (χ3v) is 4.54. The molecule has 0 saturated carbocycles. The van der Waals surface area contributed by atoms with Gasteiger partial charge in [-0.15, -0.1) is 0 Å². The first kappa shape index (κ1) is 18.1. The average molecular weight is 349 g/mol. The second kappa shape index (κ2) is 8.59. The number of hydrogen-bond donors (Lipinski definition) is 0. The third-order valence-electron chi connectivity index (χ3n) is 4.54. The molecule has 0 bridgehead atoms. The Morgan fingerprint density at radius 3 is 2.96 bits per heavy atom. The number of carbonyl (C=O) groups excluding carboxylic acids is 1. The zero-order valence-electron chi connectivity index (χ0n) is 15.0. The summed E-state index contributed by atoms with van der Waals surface area (Å²) in [5.74, 6) is 0.0400. The Labute approximate surface area is 154 Å². The van der Waals surface area contributed by atoms with Crippen LogP contribution in [0, 0.1) is 11.3 Å².